The van der Waals surface area contributed by atoms with Gasteiger partial charge in [0.05, 0.1) is 23.9 Å². The molecule has 5 nitrogen and oxygen atoms in total. The Balaban J connectivity index is 1.94. The summed E-state index contributed by atoms with van der Waals surface area (Å²) in [7, 11) is 0. The van der Waals surface area contributed by atoms with Crippen molar-refractivity contribution in [2.24, 2.45) is 0 Å². The number of aromatic nitrogens is 2. The maximum atomic E-state index is 13.8. The number of hydrogen-bond donors (Lipinski definition) is 0. The van der Waals surface area contributed by atoms with E-state index in [1.165, 1.54) is 12.1 Å². The molecule has 2 aromatic rings. The molecule has 130 valence electrons. The van der Waals surface area contributed by atoms with Gasteiger partial charge in [-0.3, -0.25) is 0 Å². The number of benzene rings is 1. The lowest BCUT2D eigenvalue weighted by atomic mass is 10.1. The van der Waals surface area contributed by atoms with Crippen LogP contribution in [0.2, 0.25) is 10.0 Å². The molecule has 1 aromatic heterocycles. The summed E-state index contributed by atoms with van der Waals surface area (Å²) in [4.78, 5) is 1.91. The highest BCUT2D eigenvalue weighted by Gasteiger charge is 2.28. The molecule has 0 bridgehead atoms. The van der Waals surface area contributed by atoms with Crippen LogP contribution >= 0.6 is 23.2 Å². The molecule has 1 aliphatic rings. The first kappa shape index (κ1) is 17.9. The van der Waals surface area contributed by atoms with Crippen LogP contribution in [0, 0.1) is 31.0 Å². The number of aryl methyl sites for hydroxylation is 1. The Morgan fingerprint density at radius 1 is 1.28 bits per heavy atom. The highest BCUT2D eigenvalue weighted by Crippen LogP contribution is 2.34. The summed E-state index contributed by atoms with van der Waals surface area (Å²) in [5.74, 6) is -0.0464. The minimum absolute atomic E-state index is 0.0341. The highest BCUT2D eigenvalue weighted by atomic mass is 35.5. The van der Waals surface area contributed by atoms with Gasteiger partial charge in [-0.25, -0.2) is 4.39 Å². The van der Waals surface area contributed by atoms with Crippen LogP contribution in [-0.2, 0) is 4.74 Å². The maximum absolute atomic E-state index is 13.8. The van der Waals surface area contributed by atoms with E-state index in [4.69, 9.17) is 27.9 Å². The summed E-state index contributed by atoms with van der Waals surface area (Å²) in [6.45, 7) is 4.98. The van der Waals surface area contributed by atoms with E-state index in [0.29, 0.717) is 47.4 Å². The molecular weight excluding hydrogens is 366 g/mol. The van der Waals surface area contributed by atoms with E-state index >= 15 is 0 Å². The lowest BCUT2D eigenvalue weighted by Crippen LogP contribution is -2.39. The van der Waals surface area contributed by atoms with Crippen molar-refractivity contribution in [2.75, 3.05) is 24.6 Å². The molecule has 1 unspecified atom stereocenters. The normalized spacial score (nSPS) is 17.4. The fourth-order valence-corrected chi connectivity index (χ4v) is 3.27. The summed E-state index contributed by atoms with van der Waals surface area (Å²) >= 11 is 12.0. The molecule has 1 fully saturated rings. The molecule has 0 aliphatic carbocycles. The smallest absolute Gasteiger partial charge is 0.169 e. The van der Waals surface area contributed by atoms with Crippen LogP contribution in [0.1, 0.15) is 28.5 Å². The zero-order valence-corrected chi connectivity index (χ0v) is 15.2. The topological polar surface area (TPSA) is 62.0 Å². The number of halogens is 3. The van der Waals surface area contributed by atoms with Gasteiger partial charge in [0.15, 0.2) is 5.82 Å². The van der Waals surface area contributed by atoms with E-state index in [1.807, 2.05) is 18.7 Å². The van der Waals surface area contributed by atoms with Crippen LogP contribution in [0.15, 0.2) is 12.1 Å². The molecule has 0 spiro atoms. The molecule has 0 radical (unpaired) electrons. The third kappa shape index (κ3) is 3.40. The van der Waals surface area contributed by atoms with Crippen LogP contribution in [0.5, 0.6) is 0 Å². The molecule has 1 aromatic carbocycles. The maximum Gasteiger partial charge on any atom is 0.169 e. The van der Waals surface area contributed by atoms with E-state index in [9.17, 15) is 9.65 Å². The molecule has 2 heterocycles. The van der Waals surface area contributed by atoms with E-state index in [1.54, 1.807) is 0 Å². The van der Waals surface area contributed by atoms with Gasteiger partial charge < -0.3 is 9.64 Å². The lowest BCUT2D eigenvalue weighted by Gasteiger charge is -2.34. The van der Waals surface area contributed by atoms with E-state index in [-0.39, 0.29) is 5.02 Å². The first-order chi connectivity index (χ1) is 11.9. The first-order valence-corrected chi connectivity index (χ1v) is 8.43. The lowest BCUT2D eigenvalue weighted by molar-refractivity contribution is 0.0393. The van der Waals surface area contributed by atoms with Crippen molar-refractivity contribution < 1.29 is 9.13 Å². The van der Waals surface area contributed by atoms with Gasteiger partial charge in [-0.2, -0.15) is 10.4 Å². The van der Waals surface area contributed by atoms with Gasteiger partial charge in [0.2, 0.25) is 0 Å². The minimum Gasteiger partial charge on any atom is -0.370 e. The third-order valence-corrected chi connectivity index (χ3v) is 4.92. The van der Waals surface area contributed by atoms with Crippen LogP contribution < -0.4 is 4.90 Å². The summed E-state index contributed by atoms with van der Waals surface area (Å²) in [6.07, 6.45) is -0.456. The predicted octanol–water partition coefficient (Wildman–Crippen LogP) is 3.99. The monoisotopic (exact) mass is 380 g/mol. The molecule has 8 heteroatoms. The summed E-state index contributed by atoms with van der Waals surface area (Å²) in [5, 5.41) is 18.1. The van der Waals surface area contributed by atoms with Gasteiger partial charge in [-0.15, -0.1) is 5.10 Å². The van der Waals surface area contributed by atoms with Gasteiger partial charge in [-0.1, -0.05) is 23.2 Å². The molecule has 1 atom stereocenters. The number of hydrogen-bond acceptors (Lipinski definition) is 5. The van der Waals surface area contributed by atoms with Crippen LogP contribution in [-0.4, -0.2) is 29.9 Å². The zero-order chi connectivity index (χ0) is 18.1. The Hall–Kier alpha value is -1.94. The highest BCUT2D eigenvalue weighted by molar-refractivity contribution is 6.35. The van der Waals surface area contributed by atoms with E-state index < -0.39 is 11.9 Å². The fourth-order valence-electron chi connectivity index (χ4n) is 2.77. The zero-order valence-electron chi connectivity index (χ0n) is 13.7. The molecule has 0 N–H and O–H groups in total. The van der Waals surface area contributed by atoms with Crippen molar-refractivity contribution in [3.05, 3.63) is 50.4 Å². The van der Waals surface area contributed by atoms with Crippen molar-refractivity contribution in [1.29, 1.82) is 5.26 Å². The van der Waals surface area contributed by atoms with E-state index in [2.05, 4.69) is 16.3 Å². The Labute approximate surface area is 154 Å². The van der Waals surface area contributed by atoms with Crippen molar-refractivity contribution in [3.63, 3.8) is 0 Å². The fraction of sp³-hybridized carbons (Fsp3) is 0.353. The largest absolute Gasteiger partial charge is 0.370 e. The summed E-state index contributed by atoms with van der Waals surface area (Å²) in [6, 6.07) is 4.85. The summed E-state index contributed by atoms with van der Waals surface area (Å²) < 4.78 is 19.6. The minimum atomic E-state index is -0.550. The Bertz CT molecular complexity index is 869. The molecule has 1 saturated heterocycles. The number of rotatable bonds is 2. The molecule has 0 saturated carbocycles. The molecule has 1 aliphatic heterocycles. The van der Waals surface area contributed by atoms with Gasteiger partial charge >= 0.3 is 0 Å². The summed E-state index contributed by atoms with van der Waals surface area (Å²) in [5.41, 5.74) is 2.52. The average molecular weight is 381 g/mol. The predicted molar refractivity (Wildman–Crippen MR) is 93.5 cm³/mol. The van der Waals surface area contributed by atoms with Crippen molar-refractivity contribution >= 4 is 29.0 Å². The van der Waals surface area contributed by atoms with Gasteiger partial charge in [0, 0.05) is 17.1 Å². The second-order valence-electron chi connectivity index (χ2n) is 5.81. The third-order valence-electron chi connectivity index (χ3n) is 4.30. The SMILES string of the molecule is Cc1nnc(N2CCOC(c3cc(F)c(Cl)cc3Cl)C2)c(C#N)c1C. The van der Waals surface area contributed by atoms with Crippen LogP contribution in [0.3, 0.4) is 0 Å². The number of ether oxygens (including phenoxy) is 1. The Morgan fingerprint density at radius 2 is 2.04 bits per heavy atom. The Morgan fingerprint density at radius 3 is 2.76 bits per heavy atom. The average Bonchev–Trinajstić information content (AvgIpc) is 2.60. The van der Waals surface area contributed by atoms with Crippen molar-refractivity contribution in [2.45, 2.75) is 20.0 Å². The van der Waals surface area contributed by atoms with Crippen molar-refractivity contribution in [3.8, 4) is 6.07 Å². The van der Waals surface area contributed by atoms with Crippen molar-refractivity contribution in [1.82, 2.24) is 10.2 Å². The van der Waals surface area contributed by atoms with Gasteiger partial charge in [0.25, 0.3) is 0 Å². The number of nitrogens with zero attached hydrogens (tertiary/aromatic N) is 4. The molecule has 3 rings (SSSR count). The quantitative estimate of drug-likeness (QED) is 0.737. The van der Waals surface area contributed by atoms with Crippen LogP contribution in [0.25, 0.3) is 0 Å². The van der Waals surface area contributed by atoms with E-state index in [0.717, 1.165) is 5.56 Å². The molecule has 25 heavy (non-hydrogen) atoms. The molecule has 0 amide bonds. The number of anilines is 1. The van der Waals surface area contributed by atoms with Gasteiger partial charge in [0.1, 0.15) is 23.6 Å². The van der Waals surface area contributed by atoms with Crippen LogP contribution in [0.4, 0.5) is 10.2 Å². The second kappa shape index (κ2) is 7.12. The number of morpholine rings is 1. The second-order valence-corrected chi connectivity index (χ2v) is 6.63. The number of nitriles is 1. The first-order valence-electron chi connectivity index (χ1n) is 7.67. The standard InChI is InChI=1S/C17H15Cl2FN4O/c1-9-10(2)22-23-17(12(9)7-21)24-3-4-25-16(8-24)11-5-15(20)14(19)6-13(11)18/h5-6,16H,3-4,8H2,1-2H3. The Kier molecular flexibility index (Phi) is 5.09. The molecular formula is C17H15Cl2FN4O. The van der Waals surface area contributed by atoms with Gasteiger partial charge in [-0.05, 0) is 31.5 Å².